The third kappa shape index (κ3) is 4.24. The third-order valence-corrected chi connectivity index (χ3v) is 5.62. The Bertz CT molecular complexity index is 632. The fraction of sp³-hybridized carbons (Fsp3) is 0.632. The van der Waals surface area contributed by atoms with E-state index in [1.165, 1.54) is 0 Å². The van der Waals surface area contributed by atoms with Gasteiger partial charge in [0.25, 0.3) is 0 Å². The SMILES string of the molecule is COc1ccc(N2CCN(C(=O)[C@H]3CN(C(C)C)CCN3)CC2)cc1Cl. The van der Waals surface area contributed by atoms with E-state index in [1.807, 2.05) is 23.1 Å². The highest BCUT2D eigenvalue weighted by atomic mass is 35.5. The molecule has 2 aliphatic heterocycles. The number of benzene rings is 1. The molecule has 3 rings (SSSR count). The molecule has 1 amide bonds. The fourth-order valence-electron chi connectivity index (χ4n) is 3.66. The lowest BCUT2D eigenvalue weighted by atomic mass is 10.1. The number of amides is 1. The lowest BCUT2D eigenvalue weighted by Gasteiger charge is -2.41. The van der Waals surface area contributed by atoms with Crippen molar-refractivity contribution in [3.63, 3.8) is 0 Å². The van der Waals surface area contributed by atoms with Crippen molar-refractivity contribution >= 4 is 23.2 Å². The number of anilines is 1. The first-order valence-electron chi connectivity index (χ1n) is 9.34. The van der Waals surface area contributed by atoms with Gasteiger partial charge in [-0.15, -0.1) is 0 Å². The molecule has 2 fully saturated rings. The maximum Gasteiger partial charge on any atom is 0.241 e. The van der Waals surface area contributed by atoms with E-state index in [2.05, 4.69) is 29.0 Å². The molecule has 0 radical (unpaired) electrons. The van der Waals surface area contributed by atoms with Crippen LogP contribution in [0.3, 0.4) is 0 Å². The summed E-state index contributed by atoms with van der Waals surface area (Å²) in [4.78, 5) is 19.5. The molecule has 144 valence electrons. The van der Waals surface area contributed by atoms with Gasteiger partial charge in [-0.3, -0.25) is 9.69 Å². The van der Waals surface area contributed by atoms with E-state index in [9.17, 15) is 4.79 Å². The zero-order chi connectivity index (χ0) is 18.7. The van der Waals surface area contributed by atoms with Crippen LogP contribution < -0.4 is 15.0 Å². The van der Waals surface area contributed by atoms with Crippen molar-refractivity contribution in [3.05, 3.63) is 23.2 Å². The highest BCUT2D eigenvalue weighted by molar-refractivity contribution is 6.32. The van der Waals surface area contributed by atoms with Crippen LogP contribution >= 0.6 is 11.6 Å². The van der Waals surface area contributed by atoms with Crippen LogP contribution in [0.15, 0.2) is 18.2 Å². The van der Waals surface area contributed by atoms with Crippen LogP contribution in [0.1, 0.15) is 13.8 Å². The lowest BCUT2D eigenvalue weighted by Crippen LogP contribution is -2.61. The van der Waals surface area contributed by atoms with Gasteiger partial charge in [0.1, 0.15) is 5.75 Å². The number of hydrogen-bond donors (Lipinski definition) is 1. The summed E-state index contributed by atoms with van der Waals surface area (Å²) in [6.45, 7) is 10.2. The number of hydrogen-bond acceptors (Lipinski definition) is 5. The summed E-state index contributed by atoms with van der Waals surface area (Å²) in [5.74, 6) is 0.907. The number of carbonyl (C=O) groups is 1. The van der Waals surface area contributed by atoms with Gasteiger partial charge in [-0.05, 0) is 32.0 Å². The highest BCUT2D eigenvalue weighted by Gasteiger charge is 2.31. The van der Waals surface area contributed by atoms with E-state index in [0.717, 1.165) is 51.5 Å². The zero-order valence-electron chi connectivity index (χ0n) is 15.9. The summed E-state index contributed by atoms with van der Waals surface area (Å²) in [7, 11) is 1.62. The smallest absolute Gasteiger partial charge is 0.241 e. The van der Waals surface area contributed by atoms with Crippen molar-refractivity contribution in [2.24, 2.45) is 0 Å². The molecule has 0 saturated carbocycles. The van der Waals surface area contributed by atoms with Gasteiger partial charge in [0.05, 0.1) is 18.2 Å². The van der Waals surface area contributed by atoms with Gasteiger partial charge in [0.15, 0.2) is 0 Å². The van der Waals surface area contributed by atoms with Gasteiger partial charge >= 0.3 is 0 Å². The Kier molecular flexibility index (Phi) is 6.27. The second-order valence-electron chi connectivity index (χ2n) is 7.23. The molecular formula is C19H29ClN4O2. The van der Waals surface area contributed by atoms with Crippen molar-refractivity contribution in [1.82, 2.24) is 15.1 Å². The topological polar surface area (TPSA) is 48.1 Å². The van der Waals surface area contributed by atoms with Crippen LogP contribution in [0.25, 0.3) is 0 Å². The van der Waals surface area contributed by atoms with Gasteiger partial charge in [0.2, 0.25) is 5.91 Å². The number of piperazine rings is 2. The predicted octanol–water partition coefficient (Wildman–Crippen LogP) is 1.68. The van der Waals surface area contributed by atoms with Crippen molar-refractivity contribution in [1.29, 1.82) is 0 Å². The molecule has 0 aliphatic carbocycles. The van der Waals surface area contributed by atoms with Crippen LogP contribution in [-0.4, -0.2) is 80.7 Å². The molecule has 26 heavy (non-hydrogen) atoms. The van der Waals surface area contributed by atoms with Crippen LogP contribution in [0.2, 0.25) is 5.02 Å². The predicted molar refractivity (Wildman–Crippen MR) is 105 cm³/mol. The van der Waals surface area contributed by atoms with E-state index in [0.29, 0.717) is 16.8 Å². The minimum atomic E-state index is -0.0897. The fourth-order valence-corrected chi connectivity index (χ4v) is 3.92. The summed E-state index contributed by atoms with van der Waals surface area (Å²) in [5.41, 5.74) is 1.07. The van der Waals surface area contributed by atoms with Gasteiger partial charge in [-0.25, -0.2) is 0 Å². The molecular weight excluding hydrogens is 352 g/mol. The largest absolute Gasteiger partial charge is 0.495 e. The monoisotopic (exact) mass is 380 g/mol. The van der Waals surface area contributed by atoms with Gasteiger partial charge < -0.3 is 19.9 Å². The molecule has 1 aromatic rings. The molecule has 1 aromatic carbocycles. The summed E-state index contributed by atoms with van der Waals surface area (Å²) in [6, 6.07) is 6.23. The minimum Gasteiger partial charge on any atom is -0.495 e. The molecule has 0 aromatic heterocycles. The normalized spacial score (nSPS) is 22.0. The molecule has 2 saturated heterocycles. The van der Waals surface area contributed by atoms with E-state index in [1.54, 1.807) is 7.11 Å². The Morgan fingerprint density at radius 1 is 1.23 bits per heavy atom. The molecule has 7 heteroatoms. The number of halogens is 1. The van der Waals surface area contributed by atoms with Crippen molar-refractivity contribution < 1.29 is 9.53 Å². The molecule has 6 nitrogen and oxygen atoms in total. The number of rotatable bonds is 4. The van der Waals surface area contributed by atoms with E-state index >= 15 is 0 Å². The summed E-state index contributed by atoms with van der Waals surface area (Å²) in [5, 5.41) is 4.00. The zero-order valence-corrected chi connectivity index (χ0v) is 16.6. The van der Waals surface area contributed by atoms with Crippen LogP contribution in [0.5, 0.6) is 5.75 Å². The standard InChI is InChI=1S/C19H29ClN4O2/c1-14(2)24-7-6-21-17(13-24)19(25)23-10-8-22(9-11-23)15-4-5-18(26-3)16(20)12-15/h4-5,12,14,17,21H,6-11,13H2,1-3H3/t17-/m1/s1. The van der Waals surface area contributed by atoms with Gasteiger partial charge in [-0.1, -0.05) is 11.6 Å². The average molecular weight is 381 g/mol. The number of ether oxygens (including phenoxy) is 1. The van der Waals surface area contributed by atoms with Crippen molar-refractivity contribution in [2.45, 2.75) is 25.9 Å². The van der Waals surface area contributed by atoms with Crippen molar-refractivity contribution in [2.75, 3.05) is 57.8 Å². The van der Waals surface area contributed by atoms with E-state index < -0.39 is 0 Å². The quantitative estimate of drug-likeness (QED) is 0.861. The van der Waals surface area contributed by atoms with E-state index in [4.69, 9.17) is 16.3 Å². The average Bonchev–Trinajstić information content (AvgIpc) is 2.67. The van der Waals surface area contributed by atoms with Crippen LogP contribution in [0.4, 0.5) is 5.69 Å². The summed E-state index contributed by atoms with van der Waals surface area (Å²) < 4.78 is 5.21. The number of methoxy groups -OCH3 is 1. The second kappa shape index (κ2) is 8.46. The molecule has 0 unspecified atom stereocenters. The molecule has 0 bridgehead atoms. The molecule has 2 heterocycles. The van der Waals surface area contributed by atoms with Crippen molar-refractivity contribution in [3.8, 4) is 5.75 Å². The van der Waals surface area contributed by atoms with E-state index in [-0.39, 0.29) is 11.9 Å². The highest BCUT2D eigenvalue weighted by Crippen LogP contribution is 2.29. The maximum atomic E-state index is 12.9. The molecule has 1 N–H and O–H groups in total. The Morgan fingerprint density at radius 2 is 1.96 bits per heavy atom. The van der Waals surface area contributed by atoms with Crippen LogP contribution in [0, 0.1) is 0 Å². The second-order valence-corrected chi connectivity index (χ2v) is 7.63. The van der Waals surface area contributed by atoms with Crippen LogP contribution in [-0.2, 0) is 4.79 Å². The summed E-state index contributed by atoms with van der Waals surface area (Å²) in [6.07, 6.45) is 0. The van der Waals surface area contributed by atoms with Gasteiger partial charge in [-0.2, -0.15) is 0 Å². The first kappa shape index (κ1) is 19.3. The minimum absolute atomic E-state index is 0.0897. The Hall–Kier alpha value is -1.50. The maximum absolute atomic E-state index is 12.9. The third-order valence-electron chi connectivity index (χ3n) is 5.33. The first-order chi connectivity index (χ1) is 12.5. The number of nitrogens with zero attached hydrogens (tertiary/aromatic N) is 3. The Morgan fingerprint density at radius 3 is 2.58 bits per heavy atom. The lowest BCUT2D eigenvalue weighted by molar-refractivity contribution is -0.135. The Balaban J connectivity index is 1.56. The summed E-state index contributed by atoms with van der Waals surface area (Å²) >= 11 is 6.24. The first-order valence-corrected chi connectivity index (χ1v) is 9.72. The number of carbonyl (C=O) groups excluding carboxylic acids is 1. The number of nitrogens with one attached hydrogen (secondary N) is 1. The Labute approximate surface area is 161 Å². The van der Waals surface area contributed by atoms with Gasteiger partial charge in [0, 0.05) is 57.5 Å². The molecule has 2 aliphatic rings. The molecule has 1 atom stereocenters. The molecule has 0 spiro atoms.